The number of amides is 1. The highest BCUT2D eigenvalue weighted by molar-refractivity contribution is 5.92. The lowest BCUT2D eigenvalue weighted by atomic mass is 9.99. The number of nitrogens with zero attached hydrogens (tertiary/aromatic N) is 4. The maximum absolute atomic E-state index is 13.0. The van der Waals surface area contributed by atoms with Crippen molar-refractivity contribution >= 4 is 11.9 Å². The molecule has 1 amide bonds. The molecule has 3 saturated heterocycles. The summed E-state index contributed by atoms with van der Waals surface area (Å²) >= 11 is 0. The summed E-state index contributed by atoms with van der Waals surface area (Å²) in [6.07, 6.45) is 7.68. The smallest absolute Gasteiger partial charge is 0.272 e. The van der Waals surface area contributed by atoms with Gasteiger partial charge in [0.2, 0.25) is 5.95 Å². The number of carbonyl (C=O) groups excluding carboxylic acids is 1. The molecule has 3 fully saturated rings. The first-order chi connectivity index (χ1) is 12.7. The number of ether oxygens (including phenoxy) is 2. The number of hydrogen-bond acceptors (Lipinski definition) is 6. The first-order valence-electron chi connectivity index (χ1n) is 9.88. The normalized spacial score (nSPS) is 25.7. The Kier molecular flexibility index (Phi) is 5.09. The second kappa shape index (κ2) is 7.48. The van der Waals surface area contributed by atoms with Gasteiger partial charge in [-0.05, 0) is 31.7 Å². The van der Waals surface area contributed by atoms with E-state index < -0.39 is 5.79 Å². The monoisotopic (exact) mass is 360 g/mol. The van der Waals surface area contributed by atoms with E-state index in [0.29, 0.717) is 30.9 Å². The van der Waals surface area contributed by atoms with Crippen LogP contribution in [0.1, 0.15) is 55.9 Å². The summed E-state index contributed by atoms with van der Waals surface area (Å²) in [4.78, 5) is 26.1. The highest BCUT2D eigenvalue weighted by Gasteiger charge is 2.40. The van der Waals surface area contributed by atoms with Gasteiger partial charge in [0, 0.05) is 44.7 Å². The molecule has 1 unspecified atom stereocenters. The quantitative estimate of drug-likeness (QED) is 0.823. The number of piperidine rings is 2. The third-order valence-corrected chi connectivity index (χ3v) is 5.84. The van der Waals surface area contributed by atoms with Gasteiger partial charge in [0.25, 0.3) is 5.91 Å². The van der Waals surface area contributed by atoms with Crippen molar-refractivity contribution < 1.29 is 14.3 Å². The number of rotatable bonds is 3. The molecule has 0 N–H and O–H groups in total. The molecule has 7 heteroatoms. The van der Waals surface area contributed by atoms with Crippen LogP contribution in [0.4, 0.5) is 5.95 Å². The summed E-state index contributed by atoms with van der Waals surface area (Å²) in [6.45, 7) is 5.89. The van der Waals surface area contributed by atoms with Crippen molar-refractivity contribution in [1.29, 1.82) is 0 Å². The standard InChI is InChI=1S/C19H28N4O3/c1-2-15-5-3-4-10-23(15)17(24)16-6-9-20-18(21-16)22-11-7-19(8-12-22)25-13-14-26-19/h6,9,15H,2-5,7-8,10-14H2,1H3. The minimum atomic E-state index is -0.411. The molecular weight excluding hydrogens is 332 g/mol. The van der Waals surface area contributed by atoms with Gasteiger partial charge in [0.15, 0.2) is 5.79 Å². The van der Waals surface area contributed by atoms with Gasteiger partial charge < -0.3 is 19.3 Å². The molecule has 1 aromatic rings. The van der Waals surface area contributed by atoms with Gasteiger partial charge in [-0.3, -0.25) is 4.79 Å². The van der Waals surface area contributed by atoms with E-state index in [9.17, 15) is 4.79 Å². The third-order valence-electron chi connectivity index (χ3n) is 5.84. The lowest BCUT2D eigenvalue weighted by Crippen LogP contribution is -2.46. The Morgan fingerprint density at radius 2 is 2.00 bits per heavy atom. The van der Waals surface area contributed by atoms with Crippen LogP contribution in [0, 0.1) is 0 Å². The molecule has 3 aliphatic rings. The first kappa shape index (κ1) is 17.7. The molecule has 142 valence electrons. The molecule has 4 rings (SSSR count). The van der Waals surface area contributed by atoms with E-state index in [1.165, 1.54) is 6.42 Å². The Labute approximate surface area is 154 Å². The Morgan fingerprint density at radius 1 is 1.23 bits per heavy atom. The predicted molar refractivity (Wildman–Crippen MR) is 97.1 cm³/mol. The zero-order valence-electron chi connectivity index (χ0n) is 15.5. The van der Waals surface area contributed by atoms with Crippen LogP contribution >= 0.6 is 0 Å². The first-order valence-corrected chi connectivity index (χ1v) is 9.88. The van der Waals surface area contributed by atoms with E-state index in [2.05, 4.69) is 21.8 Å². The van der Waals surface area contributed by atoms with Gasteiger partial charge in [0.1, 0.15) is 5.69 Å². The van der Waals surface area contributed by atoms with Crippen molar-refractivity contribution in [2.75, 3.05) is 37.7 Å². The number of anilines is 1. The molecule has 1 spiro atoms. The van der Waals surface area contributed by atoms with Crippen LogP contribution in [0.15, 0.2) is 12.3 Å². The number of carbonyl (C=O) groups is 1. The average Bonchev–Trinajstić information content (AvgIpc) is 3.16. The topological polar surface area (TPSA) is 67.8 Å². The Hall–Kier alpha value is -1.73. The molecular formula is C19H28N4O3. The second-order valence-corrected chi connectivity index (χ2v) is 7.39. The molecule has 4 heterocycles. The number of likely N-dealkylation sites (tertiary alicyclic amines) is 1. The SMILES string of the molecule is CCC1CCCCN1C(=O)c1ccnc(N2CCC3(CC2)OCCO3)n1. The molecule has 0 aliphatic carbocycles. The van der Waals surface area contributed by atoms with E-state index in [0.717, 1.165) is 51.7 Å². The fourth-order valence-corrected chi connectivity index (χ4v) is 4.29. The van der Waals surface area contributed by atoms with Crippen LogP contribution in [0.3, 0.4) is 0 Å². The summed E-state index contributed by atoms with van der Waals surface area (Å²) in [5.41, 5.74) is 0.504. The van der Waals surface area contributed by atoms with E-state index in [-0.39, 0.29) is 5.91 Å². The van der Waals surface area contributed by atoms with Crippen molar-refractivity contribution in [2.45, 2.75) is 57.3 Å². The fourth-order valence-electron chi connectivity index (χ4n) is 4.29. The molecule has 0 saturated carbocycles. The molecule has 0 aromatic carbocycles. The van der Waals surface area contributed by atoms with Gasteiger partial charge in [-0.25, -0.2) is 9.97 Å². The Bertz CT molecular complexity index is 637. The molecule has 7 nitrogen and oxygen atoms in total. The van der Waals surface area contributed by atoms with Gasteiger partial charge in [-0.15, -0.1) is 0 Å². The molecule has 26 heavy (non-hydrogen) atoms. The van der Waals surface area contributed by atoms with E-state index in [1.807, 2.05) is 4.90 Å². The van der Waals surface area contributed by atoms with Crippen molar-refractivity contribution in [3.63, 3.8) is 0 Å². The van der Waals surface area contributed by atoms with E-state index in [4.69, 9.17) is 9.47 Å². The third kappa shape index (κ3) is 3.42. The average molecular weight is 360 g/mol. The van der Waals surface area contributed by atoms with Crippen LogP contribution in [-0.2, 0) is 9.47 Å². The minimum Gasteiger partial charge on any atom is -0.347 e. The Morgan fingerprint density at radius 3 is 2.73 bits per heavy atom. The zero-order valence-corrected chi connectivity index (χ0v) is 15.5. The van der Waals surface area contributed by atoms with Crippen LogP contribution in [0.5, 0.6) is 0 Å². The van der Waals surface area contributed by atoms with Crippen molar-refractivity contribution in [1.82, 2.24) is 14.9 Å². The van der Waals surface area contributed by atoms with Gasteiger partial charge >= 0.3 is 0 Å². The lowest BCUT2D eigenvalue weighted by molar-refractivity contribution is -0.169. The largest absolute Gasteiger partial charge is 0.347 e. The van der Waals surface area contributed by atoms with Crippen LogP contribution in [-0.4, -0.2) is 65.5 Å². The van der Waals surface area contributed by atoms with Crippen LogP contribution < -0.4 is 4.90 Å². The summed E-state index contributed by atoms with van der Waals surface area (Å²) in [7, 11) is 0. The van der Waals surface area contributed by atoms with Crippen molar-refractivity contribution in [2.24, 2.45) is 0 Å². The molecule has 1 aromatic heterocycles. The highest BCUT2D eigenvalue weighted by atomic mass is 16.7. The van der Waals surface area contributed by atoms with Gasteiger partial charge in [-0.1, -0.05) is 6.92 Å². The summed E-state index contributed by atoms with van der Waals surface area (Å²) in [5.74, 6) is 0.261. The molecule has 0 bridgehead atoms. The fraction of sp³-hybridized carbons (Fsp3) is 0.737. The Balaban J connectivity index is 1.45. The summed E-state index contributed by atoms with van der Waals surface area (Å²) in [6, 6.07) is 2.07. The van der Waals surface area contributed by atoms with Crippen LogP contribution in [0.2, 0.25) is 0 Å². The maximum atomic E-state index is 13.0. The van der Waals surface area contributed by atoms with Gasteiger partial charge in [0.05, 0.1) is 13.2 Å². The maximum Gasteiger partial charge on any atom is 0.272 e. The van der Waals surface area contributed by atoms with Crippen LogP contribution in [0.25, 0.3) is 0 Å². The predicted octanol–water partition coefficient (Wildman–Crippen LogP) is 2.22. The molecule has 3 aliphatic heterocycles. The van der Waals surface area contributed by atoms with E-state index in [1.54, 1.807) is 12.3 Å². The lowest BCUT2D eigenvalue weighted by Gasteiger charge is -2.37. The molecule has 1 atom stereocenters. The summed E-state index contributed by atoms with van der Waals surface area (Å²) in [5, 5.41) is 0. The van der Waals surface area contributed by atoms with E-state index >= 15 is 0 Å². The second-order valence-electron chi connectivity index (χ2n) is 7.39. The van der Waals surface area contributed by atoms with Gasteiger partial charge in [-0.2, -0.15) is 0 Å². The summed E-state index contributed by atoms with van der Waals surface area (Å²) < 4.78 is 11.6. The number of hydrogen-bond donors (Lipinski definition) is 0. The molecule has 0 radical (unpaired) electrons. The van der Waals surface area contributed by atoms with Crippen molar-refractivity contribution in [3.8, 4) is 0 Å². The zero-order chi connectivity index (χ0) is 18.0. The highest BCUT2D eigenvalue weighted by Crippen LogP contribution is 2.32. The number of aromatic nitrogens is 2. The van der Waals surface area contributed by atoms with Crippen molar-refractivity contribution in [3.05, 3.63) is 18.0 Å². The minimum absolute atomic E-state index is 0.0381.